The Balaban J connectivity index is 1.65. The van der Waals surface area contributed by atoms with E-state index in [1.807, 2.05) is 18.2 Å². The summed E-state index contributed by atoms with van der Waals surface area (Å²) in [5, 5.41) is 3.71. The van der Waals surface area contributed by atoms with Gasteiger partial charge in [0.15, 0.2) is 0 Å². The van der Waals surface area contributed by atoms with Crippen LogP contribution < -0.4 is 10.2 Å². The van der Waals surface area contributed by atoms with Crippen molar-refractivity contribution >= 4 is 29.1 Å². The standard InChI is InChI=1S/C18H23ClN2O2/c1-12-6-2-4-8-15(12)20-18(23)13-10-17(22)21(11-13)16-9-5-3-7-14(16)19/h3,5,7,9,12-13,15H,2,4,6,8,10-11H2,1H3,(H,20,23)/t12-,13+,15-/m1/s1. The van der Waals surface area contributed by atoms with Crippen LogP contribution in [-0.4, -0.2) is 24.4 Å². The van der Waals surface area contributed by atoms with Gasteiger partial charge in [0.2, 0.25) is 11.8 Å². The highest BCUT2D eigenvalue weighted by atomic mass is 35.5. The molecule has 0 aromatic heterocycles. The number of benzene rings is 1. The molecule has 1 aromatic carbocycles. The van der Waals surface area contributed by atoms with E-state index in [2.05, 4.69) is 12.2 Å². The van der Waals surface area contributed by atoms with Gasteiger partial charge in [-0.2, -0.15) is 0 Å². The topological polar surface area (TPSA) is 49.4 Å². The van der Waals surface area contributed by atoms with Gasteiger partial charge in [0, 0.05) is 19.0 Å². The maximum atomic E-state index is 12.5. The minimum Gasteiger partial charge on any atom is -0.353 e. The van der Waals surface area contributed by atoms with E-state index >= 15 is 0 Å². The van der Waals surface area contributed by atoms with Crippen LogP contribution in [0.3, 0.4) is 0 Å². The smallest absolute Gasteiger partial charge is 0.227 e. The minimum atomic E-state index is -0.284. The van der Waals surface area contributed by atoms with Crippen LogP contribution in [0.5, 0.6) is 0 Å². The Labute approximate surface area is 142 Å². The number of anilines is 1. The van der Waals surface area contributed by atoms with Gasteiger partial charge in [-0.15, -0.1) is 0 Å². The fraction of sp³-hybridized carbons (Fsp3) is 0.556. The Kier molecular flexibility index (Phi) is 4.90. The Morgan fingerprint density at radius 1 is 1.26 bits per heavy atom. The third kappa shape index (κ3) is 3.52. The molecule has 4 nitrogen and oxygen atoms in total. The molecule has 23 heavy (non-hydrogen) atoms. The Hall–Kier alpha value is -1.55. The van der Waals surface area contributed by atoms with Crippen LogP contribution in [0.25, 0.3) is 0 Å². The quantitative estimate of drug-likeness (QED) is 0.921. The molecule has 0 spiro atoms. The number of para-hydroxylation sites is 1. The van der Waals surface area contributed by atoms with E-state index < -0.39 is 0 Å². The van der Waals surface area contributed by atoms with Crippen molar-refractivity contribution in [1.29, 1.82) is 0 Å². The zero-order valence-corrected chi connectivity index (χ0v) is 14.2. The van der Waals surface area contributed by atoms with Crippen LogP contribution in [0.1, 0.15) is 39.0 Å². The third-order valence-corrected chi connectivity index (χ3v) is 5.40. The van der Waals surface area contributed by atoms with Crippen molar-refractivity contribution in [3.63, 3.8) is 0 Å². The highest BCUT2D eigenvalue weighted by Gasteiger charge is 2.37. The number of carbonyl (C=O) groups is 2. The molecule has 2 fully saturated rings. The van der Waals surface area contributed by atoms with Gasteiger partial charge >= 0.3 is 0 Å². The van der Waals surface area contributed by atoms with Gasteiger partial charge in [0.1, 0.15) is 0 Å². The second kappa shape index (κ2) is 6.91. The van der Waals surface area contributed by atoms with E-state index in [9.17, 15) is 9.59 Å². The first-order valence-electron chi connectivity index (χ1n) is 8.41. The summed E-state index contributed by atoms with van der Waals surface area (Å²) in [6, 6.07) is 7.53. The number of hydrogen-bond acceptors (Lipinski definition) is 2. The molecule has 3 atom stereocenters. The van der Waals surface area contributed by atoms with E-state index in [-0.39, 0.29) is 30.2 Å². The summed E-state index contributed by atoms with van der Waals surface area (Å²) >= 11 is 6.18. The van der Waals surface area contributed by atoms with E-state index in [1.54, 1.807) is 11.0 Å². The fourth-order valence-corrected chi connectivity index (χ4v) is 3.86. The van der Waals surface area contributed by atoms with Crippen LogP contribution in [-0.2, 0) is 9.59 Å². The van der Waals surface area contributed by atoms with E-state index in [1.165, 1.54) is 19.3 Å². The van der Waals surface area contributed by atoms with Gasteiger partial charge in [0.25, 0.3) is 0 Å². The second-order valence-electron chi connectivity index (χ2n) is 6.73. The predicted molar refractivity (Wildman–Crippen MR) is 91.5 cm³/mol. The van der Waals surface area contributed by atoms with Crippen molar-refractivity contribution in [3.8, 4) is 0 Å². The molecule has 1 N–H and O–H groups in total. The number of nitrogens with one attached hydrogen (secondary N) is 1. The van der Waals surface area contributed by atoms with Crippen LogP contribution in [0.4, 0.5) is 5.69 Å². The number of carbonyl (C=O) groups excluding carboxylic acids is 2. The largest absolute Gasteiger partial charge is 0.353 e. The van der Waals surface area contributed by atoms with Gasteiger partial charge in [0.05, 0.1) is 16.6 Å². The molecule has 2 amide bonds. The first-order valence-corrected chi connectivity index (χ1v) is 8.79. The van der Waals surface area contributed by atoms with Gasteiger partial charge in [-0.3, -0.25) is 9.59 Å². The molecule has 1 heterocycles. The first-order chi connectivity index (χ1) is 11.1. The normalized spacial score (nSPS) is 28.0. The SMILES string of the molecule is C[C@@H]1CCCC[C@H]1NC(=O)[C@H]1CC(=O)N(c2ccccc2Cl)C1. The lowest BCUT2D eigenvalue weighted by Gasteiger charge is -2.30. The van der Waals surface area contributed by atoms with Crippen molar-refractivity contribution in [3.05, 3.63) is 29.3 Å². The molecule has 1 saturated carbocycles. The fourth-order valence-electron chi connectivity index (χ4n) is 3.62. The van der Waals surface area contributed by atoms with Crippen molar-refractivity contribution in [2.75, 3.05) is 11.4 Å². The molecule has 5 heteroatoms. The summed E-state index contributed by atoms with van der Waals surface area (Å²) in [6.07, 6.45) is 4.89. The predicted octanol–water partition coefficient (Wildman–Crippen LogP) is 3.39. The molecular weight excluding hydrogens is 312 g/mol. The van der Waals surface area contributed by atoms with Gasteiger partial charge < -0.3 is 10.2 Å². The first kappa shape index (κ1) is 16.3. The Bertz CT molecular complexity index is 604. The monoisotopic (exact) mass is 334 g/mol. The van der Waals surface area contributed by atoms with Crippen molar-refractivity contribution in [2.45, 2.75) is 45.1 Å². The van der Waals surface area contributed by atoms with Crippen molar-refractivity contribution < 1.29 is 9.59 Å². The summed E-state index contributed by atoms with van der Waals surface area (Å²) in [5.74, 6) is 0.207. The highest BCUT2D eigenvalue weighted by Crippen LogP contribution is 2.31. The summed E-state index contributed by atoms with van der Waals surface area (Å²) in [7, 11) is 0. The van der Waals surface area contributed by atoms with Crippen LogP contribution in [0, 0.1) is 11.8 Å². The molecule has 0 unspecified atom stereocenters. The molecule has 124 valence electrons. The van der Waals surface area contributed by atoms with Crippen LogP contribution in [0.2, 0.25) is 5.02 Å². The summed E-state index contributed by atoms with van der Waals surface area (Å²) in [5.41, 5.74) is 0.695. The average molecular weight is 335 g/mol. The molecule has 2 aliphatic rings. The molecule has 1 aliphatic carbocycles. The average Bonchev–Trinajstić information content (AvgIpc) is 2.92. The van der Waals surface area contributed by atoms with Gasteiger partial charge in [-0.1, -0.05) is 43.5 Å². The summed E-state index contributed by atoms with van der Waals surface area (Å²) in [6.45, 7) is 2.61. The van der Waals surface area contributed by atoms with Crippen molar-refractivity contribution in [2.24, 2.45) is 11.8 Å². The van der Waals surface area contributed by atoms with Crippen LogP contribution in [0.15, 0.2) is 24.3 Å². The molecule has 0 bridgehead atoms. The lowest BCUT2D eigenvalue weighted by Crippen LogP contribution is -2.44. The maximum Gasteiger partial charge on any atom is 0.227 e. The molecule has 3 rings (SSSR count). The van der Waals surface area contributed by atoms with E-state index in [4.69, 9.17) is 11.6 Å². The molecular formula is C18H23ClN2O2. The number of amides is 2. The molecule has 1 saturated heterocycles. The maximum absolute atomic E-state index is 12.5. The summed E-state index contributed by atoms with van der Waals surface area (Å²) < 4.78 is 0. The number of halogens is 1. The lowest BCUT2D eigenvalue weighted by molar-refractivity contribution is -0.127. The Morgan fingerprint density at radius 3 is 2.74 bits per heavy atom. The number of hydrogen-bond donors (Lipinski definition) is 1. The zero-order valence-electron chi connectivity index (χ0n) is 13.4. The van der Waals surface area contributed by atoms with Gasteiger partial charge in [-0.05, 0) is 30.9 Å². The molecule has 1 aromatic rings. The number of rotatable bonds is 3. The minimum absolute atomic E-state index is 0.00616. The van der Waals surface area contributed by atoms with Crippen molar-refractivity contribution in [1.82, 2.24) is 5.32 Å². The van der Waals surface area contributed by atoms with Gasteiger partial charge in [-0.25, -0.2) is 0 Å². The number of nitrogens with zero attached hydrogens (tertiary/aromatic N) is 1. The van der Waals surface area contributed by atoms with E-state index in [0.29, 0.717) is 23.2 Å². The Morgan fingerprint density at radius 2 is 2.00 bits per heavy atom. The second-order valence-corrected chi connectivity index (χ2v) is 7.14. The van der Waals surface area contributed by atoms with Crippen LogP contribution >= 0.6 is 11.6 Å². The lowest BCUT2D eigenvalue weighted by atomic mass is 9.85. The third-order valence-electron chi connectivity index (χ3n) is 5.08. The van der Waals surface area contributed by atoms with E-state index in [0.717, 1.165) is 6.42 Å². The zero-order chi connectivity index (χ0) is 16.4. The summed E-state index contributed by atoms with van der Waals surface area (Å²) in [4.78, 5) is 26.5. The highest BCUT2D eigenvalue weighted by molar-refractivity contribution is 6.33. The molecule has 0 radical (unpaired) electrons. The molecule has 1 aliphatic heterocycles.